The van der Waals surface area contributed by atoms with Crippen molar-refractivity contribution in [1.29, 1.82) is 0 Å². The van der Waals surface area contributed by atoms with Crippen LogP contribution in [-0.2, 0) is 5.75 Å². The van der Waals surface area contributed by atoms with Gasteiger partial charge in [-0.25, -0.2) is 4.98 Å². The normalized spacial score (nSPS) is 13.2. The average molecular weight is 203 g/mol. The number of aliphatic hydroxyl groups excluding tert-OH is 2. The lowest BCUT2D eigenvalue weighted by Crippen LogP contribution is -2.14. The molecule has 1 unspecified atom stereocenters. The summed E-state index contributed by atoms with van der Waals surface area (Å²) in [6, 6.07) is 0. The lowest BCUT2D eigenvalue weighted by molar-refractivity contribution is 0.113. The van der Waals surface area contributed by atoms with Gasteiger partial charge in [-0.05, 0) is 6.92 Å². The zero-order valence-corrected chi connectivity index (χ0v) is 8.25. The molecule has 1 atom stereocenters. The number of aliphatic hydroxyl groups is 2. The van der Waals surface area contributed by atoms with E-state index in [0.29, 0.717) is 11.5 Å². The van der Waals surface area contributed by atoms with Gasteiger partial charge in [0.1, 0.15) is 5.76 Å². The first kappa shape index (κ1) is 10.6. The Labute approximate surface area is 81.0 Å². The molecule has 0 amide bonds. The van der Waals surface area contributed by atoms with Crippen molar-refractivity contribution in [2.24, 2.45) is 0 Å². The van der Waals surface area contributed by atoms with Crippen LogP contribution >= 0.6 is 11.8 Å². The molecule has 0 aliphatic heterocycles. The number of hydrogen-bond acceptors (Lipinski definition) is 5. The van der Waals surface area contributed by atoms with Crippen LogP contribution in [0.25, 0.3) is 0 Å². The molecule has 0 aromatic carbocycles. The third-order valence-electron chi connectivity index (χ3n) is 1.60. The molecule has 1 heterocycles. The van der Waals surface area contributed by atoms with Gasteiger partial charge in [-0.3, -0.25) is 0 Å². The Morgan fingerprint density at radius 1 is 1.69 bits per heavy atom. The second-order valence-electron chi connectivity index (χ2n) is 2.71. The zero-order valence-electron chi connectivity index (χ0n) is 7.43. The molecule has 0 saturated heterocycles. The minimum absolute atomic E-state index is 0.190. The van der Waals surface area contributed by atoms with E-state index in [9.17, 15) is 0 Å². The Balaban J connectivity index is 2.24. The number of aromatic nitrogens is 1. The van der Waals surface area contributed by atoms with E-state index in [1.54, 1.807) is 0 Å². The molecule has 0 spiro atoms. The van der Waals surface area contributed by atoms with E-state index in [0.717, 1.165) is 11.5 Å². The first-order valence-electron chi connectivity index (χ1n) is 3.99. The standard InChI is InChI=1S/C8H13NO3S/c1-6-8(9-5-12-6)4-13-3-7(11)2-10/h5,7,10-11H,2-4H2,1H3. The van der Waals surface area contributed by atoms with Crippen LogP contribution in [0, 0.1) is 6.92 Å². The number of aryl methyl sites for hydroxylation is 1. The van der Waals surface area contributed by atoms with Crippen LogP contribution in [0.5, 0.6) is 0 Å². The van der Waals surface area contributed by atoms with Crippen molar-refractivity contribution >= 4 is 11.8 Å². The predicted octanol–water partition coefficient (Wildman–Crippen LogP) is 0.569. The summed E-state index contributed by atoms with van der Waals surface area (Å²) in [4.78, 5) is 4.01. The maximum atomic E-state index is 9.04. The van der Waals surface area contributed by atoms with Crippen LogP contribution in [0.1, 0.15) is 11.5 Å². The minimum Gasteiger partial charge on any atom is -0.448 e. The van der Waals surface area contributed by atoms with Gasteiger partial charge in [-0.2, -0.15) is 11.8 Å². The summed E-state index contributed by atoms with van der Waals surface area (Å²) in [7, 11) is 0. The van der Waals surface area contributed by atoms with Crippen molar-refractivity contribution < 1.29 is 14.6 Å². The monoisotopic (exact) mass is 203 g/mol. The first-order valence-corrected chi connectivity index (χ1v) is 5.15. The molecule has 1 aromatic rings. The van der Waals surface area contributed by atoms with Crippen LogP contribution in [0.3, 0.4) is 0 Å². The summed E-state index contributed by atoms with van der Waals surface area (Å²) >= 11 is 1.53. The summed E-state index contributed by atoms with van der Waals surface area (Å²) in [5.74, 6) is 2.04. The van der Waals surface area contributed by atoms with Crippen LogP contribution in [0.2, 0.25) is 0 Å². The molecule has 0 aliphatic rings. The van der Waals surface area contributed by atoms with E-state index in [-0.39, 0.29) is 6.61 Å². The topological polar surface area (TPSA) is 66.5 Å². The lowest BCUT2D eigenvalue weighted by Gasteiger charge is -2.04. The Bertz CT molecular complexity index is 251. The molecule has 13 heavy (non-hydrogen) atoms. The highest BCUT2D eigenvalue weighted by atomic mass is 32.2. The Hall–Kier alpha value is -0.520. The SMILES string of the molecule is Cc1ocnc1CSCC(O)CO. The summed E-state index contributed by atoms with van der Waals surface area (Å²) < 4.78 is 5.01. The predicted molar refractivity (Wildman–Crippen MR) is 50.5 cm³/mol. The fourth-order valence-corrected chi connectivity index (χ4v) is 1.78. The van der Waals surface area contributed by atoms with E-state index < -0.39 is 6.10 Å². The summed E-state index contributed by atoms with van der Waals surface area (Å²) in [5, 5.41) is 17.6. The second kappa shape index (κ2) is 5.26. The van der Waals surface area contributed by atoms with E-state index in [2.05, 4.69) is 4.98 Å². The van der Waals surface area contributed by atoms with Crippen LogP contribution < -0.4 is 0 Å². The molecule has 0 bridgehead atoms. The van der Waals surface area contributed by atoms with Gasteiger partial charge in [-0.1, -0.05) is 0 Å². The molecule has 1 rings (SSSR count). The number of oxazole rings is 1. The quantitative estimate of drug-likeness (QED) is 0.732. The van der Waals surface area contributed by atoms with Gasteiger partial charge in [0.05, 0.1) is 18.4 Å². The zero-order chi connectivity index (χ0) is 9.68. The molecule has 0 aliphatic carbocycles. The van der Waals surface area contributed by atoms with E-state index in [1.807, 2.05) is 6.92 Å². The van der Waals surface area contributed by atoms with Crippen molar-refractivity contribution in [2.75, 3.05) is 12.4 Å². The van der Waals surface area contributed by atoms with Crippen LogP contribution in [0.15, 0.2) is 10.8 Å². The van der Waals surface area contributed by atoms with Crippen LogP contribution in [-0.4, -0.2) is 33.7 Å². The highest BCUT2D eigenvalue weighted by Gasteiger charge is 2.05. The average Bonchev–Trinajstić information content (AvgIpc) is 2.52. The van der Waals surface area contributed by atoms with Gasteiger partial charge >= 0.3 is 0 Å². The Morgan fingerprint density at radius 2 is 2.46 bits per heavy atom. The van der Waals surface area contributed by atoms with E-state index in [4.69, 9.17) is 14.6 Å². The summed E-state index contributed by atoms with van der Waals surface area (Å²) in [6.07, 6.45) is 0.769. The van der Waals surface area contributed by atoms with Crippen molar-refractivity contribution in [1.82, 2.24) is 4.98 Å². The first-order chi connectivity index (χ1) is 6.24. The fourth-order valence-electron chi connectivity index (χ4n) is 0.811. The smallest absolute Gasteiger partial charge is 0.181 e. The largest absolute Gasteiger partial charge is 0.448 e. The molecule has 5 heteroatoms. The number of hydrogen-bond donors (Lipinski definition) is 2. The molecule has 1 aromatic heterocycles. The second-order valence-corrected chi connectivity index (χ2v) is 3.74. The number of rotatable bonds is 5. The third kappa shape index (κ3) is 3.38. The highest BCUT2D eigenvalue weighted by molar-refractivity contribution is 7.98. The Kier molecular flexibility index (Phi) is 4.27. The molecular formula is C8H13NO3S. The van der Waals surface area contributed by atoms with Gasteiger partial charge in [-0.15, -0.1) is 0 Å². The van der Waals surface area contributed by atoms with Gasteiger partial charge in [0.2, 0.25) is 0 Å². The number of nitrogens with zero attached hydrogens (tertiary/aromatic N) is 1. The third-order valence-corrected chi connectivity index (χ3v) is 2.70. The van der Waals surface area contributed by atoms with Gasteiger partial charge < -0.3 is 14.6 Å². The molecule has 2 N–H and O–H groups in total. The minimum atomic E-state index is -0.641. The van der Waals surface area contributed by atoms with Crippen LogP contribution in [0.4, 0.5) is 0 Å². The number of thioether (sulfide) groups is 1. The highest BCUT2D eigenvalue weighted by Crippen LogP contribution is 2.14. The van der Waals surface area contributed by atoms with E-state index >= 15 is 0 Å². The fraction of sp³-hybridized carbons (Fsp3) is 0.625. The van der Waals surface area contributed by atoms with Crippen molar-refractivity contribution in [2.45, 2.75) is 18.8 Å². The van der Waals surface area contributed by atoms with E-state index in [1.165, 1.54) is 18.2 Å². The molecule has 0 saturated carbocycles. The van der Waals surface area contributed by atoms with Gasteiger partial charge in [0.25, 0.3) is 0 Å². The maximum Gasteiger partial charge on any atom is 0.181 e. The molecule has 4 nitrogen and oxygen atoms in total. The molecule has 74 valence electrons. The molecule has 0 radical (unpaired) electrons. The molecule has 0 fully saturated rings. The Morgan fingerprint density at radius 3 is 3.00 bits per heavy atom. The molecular weight excluding hydrogens is 190 g/mol. The van der Waals surface area contributed by atoms with Crippen molar-refractivity contribution in [3.8, 4) is 0 Å². The summed E-state index contributed by atoms with van der Waals surface area (Å²) in [6.45, 7) is 1.66. The van der Waals surface area contributed by atoms with Gasteiger partial charge in [0, 0.05) is 11.5 Å². The van der Waals surface area contributed by atoms with Crippen molar-refractivity contribution in [3.63, 3.8) is 0 Å². The van der Waals surface area contributed by atoms with Gasteiger partial charge in [0.15, 0.2) is 6.39 Å². The van der Waals surface area contributed by atoms with Crippen molar-refractivity contribution in [3.05, 3.63) is 17.8 Å². The summed E-state index contributed by atoms with van der Waals surface area (Å²) in [5.41, 5.74) is 0.898. The maximum absolute atomic E-state index is 9.04. The lowest BCUT2D eigenvalue weighted by atomic mass is 10.4.